The summed E-state index contributed by atoms with van der Waals surface area (Å²) in [6, 6.07) is 5.45. The number of nitrogens with two attached hydrogens (primary N) is 1. The van der Waals surface area contributed by atoms with E-state index in [1.165, 1.54) is 0 Å². The summed E-state index contributed by atoms with van der Waals surface area (Å²) < 4.78 is 0.790. The Morgan fingerprint density at radius 1 is 1.37 bits per heavy atom. The molecule has 0 spiro atoms. The molecule has 2 rings (SSSR count). The fourth-order valence-corrected chi connectivity index (χ4v) is 2.00. The third-order valence-electron chi connectivity index (χ3n) is 2.84. The van der Waals surface area contributed by atoms with Gasteiger partial charge in [-0.25, -0.2) is 0 Å². The van der Waals surface area contributed by atoms with Crippen LogP contribution in [0, 0.1) is 0 Å². The number of anilines is 1. The monoisotopic (exact) mass is 325 g/mol. The number of nitrogen functional groups attached to an aromatic ring is 1. The molecule has 102 valence electrons. The van der Waals surface area contributed by atoms with Crippen LogP contribution >= 0.6 is 15.9 Å². The smallest absolute Gasteiger partial charge is 0.253 e. The Bertz CT molecular complexity index is 501. The fraction of sp³-hybridized carbons (Fsp3) is 0.385. The lowest BCUT2D eigenvalue weighted by molar-refractivity contribution is -0.121. The SMILES string of the molecule is Nc1ccc(Br)cc1C(=O)NCCC(=O)NC1CC1. The van der Waals surface area contributed by atoms with Crippen LogP contribution in [-0.2, 0) is 4.79 Å². The topological polar surface area (TPSA) is 84.2 Å². The highest BCUT2D eigenvalue weighted by atomic mass is 79.9. The zero-order valence-corrected chi connectivity index (χ0v) is 12.0. The van der Waals surface area contributed by atoms with Crippen LogP contribution in [0.15, 0.2) is 22.7 Å². The maximum atomic E-state index is 11.9. The van der Waals surface area contributed by atoms with Gasteiger partial charge in [0.15, 0.2) is 0 Å². The molecule has 0 aromatic heterocycles. The van der Waals surface area contributed by atoms with E-state index in [4.69, 9.17) is 5.73 Å². The highest BCUT2D eigenvalue weighted by molar-refractivity contribution is 9.10. The van der Waals surface area contributed by atoms with Crippen LogP contribution in [0.5, 0.6) is 0 Å². The van der Waals surface area contributed by atoms with Gasteiger partial charge < -0.3 is 16.4 Å². The van der Waals surface area contributed by atoms with Gasteiger partial charge in [0.05, 0.1) is 5.56 Å². The van der Waals surface area contributed by atoms with Gasteiger partial charge >= 0.3 is 0 Å². The van der Waals surface area contributed by atoms with Crippen LogP contribution in [0.2, 0.25) is 0 Å². The molecule has 0 heterocycles. The minimum absolute atomic E-state index is 0.0231. The first-order valence-electron chi connectivity index (χ1n) is 6.19. The normalized spacial score (nSPS) is 13.9. The predicted molar refractivity (Wildman–Crippen MR) is 76.7 cm³/mol. The van der Waals surface area contributed by atoms with E-state index in [1.54, 1.807) is 18.2 Å². The lowest BCUT2D eigenvalue weighted by Gasteiger charge is -2.08. The third-order valence-corrected chi connectivity index (χ3v) is 3.33. The van der Waals surface area contributed by atoms with Crippen LogP contribution < -0.4 is 16.4 Å². The van der Waals surface area contributed by atoms with Gasteiger partial charge in [-0.15, -0.1) is 0 Å². The fourth-order valence-electron chi connectivity index (χ4n) is 1.64. The molecule has 1 aromatic carbocycles. The molecule has 0 radical (unpaired) electrons. The maximum Gasteiger partial charge on any atom is 0.253 e. The number of halogens is 1. The summed E-state index contributed by atoms with van der Waals surface area (Å²) in [6.07, 6.45) is 2.41. The molecule has 5 nitrogen and oxygen atoms in total. The standard InChI is InChI=1S/C13H16BrN3O2/c14-8-1-4-11(15)10(7-8)13(19)16-6-5-12(18)17-9-2-3-9/h1,4,7,9H,2-3,5-6,15H2,(H,16,19)(H,17,18). The molecule has 1 aliphatic carbocycles. The summed E-state index contributed by atoms with van der Waals surface area (Å²) >= 11 is 3.29. The Morgan fingerprint density at radius 2 is 2.11 bits per heavy atom. The zero-order valence-electron chi connectivity index (χ0n) is 10.4. The molecule has 2 amide bonds. The summed E-state index contributed by atoms with van der Waals surface area (Å²) in [7, 11) is 0. The number of carbonyl (C=O) groups is 2. The van der Waals surface area contributed by atoms with Crippen molar-refractivity contribution >= 4 is 33.4 Å². The average molecular weight is 326 g/mol. The molecule has 0 atom stereocenters. The molecule has 4 N–H and O–H groups in total. The number of carbonyl (C=O) groups excluding carboxylic acids is 2. The molecule has 0 saturated heterocycles. The van der Waals surface area contributed by atoms with Crippen molar-refractivity contribution in [1.82, 2.24) is 10.6 Å². The zero-order chi connectivity index (χ0) is 13.8. The number of hydrogen-bond acceptors (Lipinski definition) is 3. The van der Waals surface area contributed by atoms with Crippen molar-refractivity contribution in [1.29, 1.82) is 0 Å². The number of nitrogens with one attached hydrogen (secondary N) is 2. The van der Waals surface area contributed by atoms with E-state index in [9.17, 15) is 9.59 Å². The van der Waals surface area contributed by atoms with Crippen molar-refractivity contribution in [2.75, 3.05) is 12.3 Å². The van der Waals surface area contributed by atoms with Crippen LogP contribution in [-0.4, -0.2) is 24.4 Å². The van der Waals surface area contributed by atoms with Gasteiger partial charge in [-0.2, -0.15) is 0 Å². The van der Waals surface area contributed by atoms with E-state index in [0.717, 1.165) is 17.3 Å². The molecular formula is C13H16BrN3O2. The van der Waals surface area contributed by atoms with Crippen molar-refractivity contribution in [3.63, 3.8) is 0 Å². The van der Waals surface area contributed by atoms with Crippen molar-refractivity contribution in [3.8, 4) is 0 Å². The van der Waals surface area contributed by atoms with Crippen LogP contribution in [0.3, 0.4) is 0 Å². The van der Waals surface area contributed by atoms with Gasteiger partial charge in [-0.05, 0) is 31.0 Å². The molecule has 1 aromatic rings. The van der Waals surface area contributed by atoms with Crippen molar-refractivity contribution in [2.45, 2.75) is 25.3 Å². The van der Waals surface area contributed by atoms with E-state index >= 15 is 0 Å². The second-order valence-corrected chi connectivity index (χ2v) is 5.49. The minimum Gasteiger partial charge on any atom is -0.398 e. The average Bonchev–Trinajstić information content (AvgIpc) is 3.16. The largest absolute Gasteiger partial charge is 0.398 e. The van der Waals surface area contributed by atoms with Crippen molar-refractivity contribution in [2.24, 2.45) is 0 Å². The first-order valence-corrected chi connectivity index (χ1v) is 6.98. The van der Waals surface area contributed by atoms with Gasteiger partial charge in [0.25, 0.3) is 5.91 Å². The van der Waals surface area contributed by atoms with Crippen LogP contribution in [0.25, 0.3) is 0 Å². The summed E-state index contributed by atoms with van der Waals surface area (Å²) in [5.74, 6) is -0.289. The first kappa shape index (κ1) is 13.9. The Balaban J connectivity index is 1.80. The Kier molecular flexibility index (Phi) is 4.42. The molecule has 0 bridgehead atoms. The molecule has 1 saturated carbocycles. The first-order chi connectivity index (χ1) is 9.06. The Hall–Kier alpha value is -1.56. The minimum atomic E-state index is -0.266. The highest BCUT2D eigenvalue weighted by Crippen LogP contribution is 2.19. The summed E-state index contributed by atoms with van der Waals surface area (Å²) in [4.78, 5) is 23.3. The Morgan fingerprint density at radius 3 is 2.79 bits per heavy atom. The molecule has 1 fully saturated rings. The number of benzene rings is 1. The van der Waals surface area contributed by atoms with Gasteiger partial charge in [0.2, 0.25) is 5.91 Å². The second kappa shape index (κ2) is 6.06. The lowest BCUT2D eigenvalue weighted by atomic mass is 10.1. The van der Waals surface area contributed by atoms with Crippen LogP contribution in [0.4, 0.5) is 5.69 Å². The maximum absolute atomic E-state index is 11.9. The predicted octanol–water partition coefficient (Wildman–Crippen LogP) is 1.43. The van der Waals surface area contributed by atoms with Gasteiger partial charge in [0.1, 0.15) is 0 Å². The van der Waals surface area contributed by atoms with Crippen molar-refractivity contribution < 1.29 is 9.59 Å². The molecule has 6 heteroatoms. The molecule has 0 unspecified atom stereocenters. The van der Waals surface area contributed by atoms with Crippen LogP contribution in [0.1, 0.15) is 29.6 Å². The molecule has 19 heavy (non-hydrogen) atoms. The van der Waals surface area contributed by atoms with E-state index in [2.05, 4.69) is 26.6 Å². The number of rotatable bonds is 5. The van der Waals surface area contributed by atoms with Gasteiger partial charge in [-0.3, -0.25) is 9.59 Å². The third kappa shape index (κ3) is 4.24. The van der Waals surface area contributed by atoms with E-state index in [1.807, 2.05) is 0 Å². The Labute approximate surface area is 120 Å². The quantitative estimate of drug-likeness (QED) is 0.716. The van der Waals surface area contributed by atoms with E-state index in [0.29, 0.717) is 23.8 Å². The van der Waals surface area contributed by atoms with Gasteiger partial charge in [-0.1, -0.05) is 15.9 Å². The van der Waals surface area contributed by atoms with E-state index in [-0.39, 0.29) is 18.2 Å². The lowest BCUT2D eigenvalue weighted by Crippen LogP contribution is -2.31. The van der Waals surface area contributed by atoms with Crippen molar-refractivity contribution in [3.05, 3.63) is 28.2 Å². The van der Waals surface area contributed by atoms with E-state index < -0.39 is 0 Å². The number of hydrogen-bond donors (Lipinski definition) is 3. The summed E-state index contributed by atoms with van der Waals surface area (Å²) in [6.45, 7) is 0.309. The number of amides is 2. The second-order valence-electron chi connectivity index (χ2n) is 4.58. The highest BCUT2D eigenvalue weighted by Gasteiger charge is 2.22. The summed E-state index contributed by atoms with van der Waals surface area (Å²) in [5.41, 5.74) is 6.57. The molecular weight excluding hydrogens is 310 g/mol. The molecule has 0 aliphatic heterocycles. The van der Waals surface area contributed by atoms with Gasteiger partial charge in [0, 0.05) is 29.2 Å². The summed E-state index contributed by atoms with van der Waals surface area (Å²) in [5, 5.41) is 5.56. The molecule has 1 aliphatic rings.